The first-order valence-corrected chi connectivity index (χ1v) is 18.0. The van der Waals surface area contributed by atoms with E-state index < -0.39 is 0 Å². The molecule has 4 N–H and O–H groups in total. The Kier molecular flexibility index (Phi) is 11.4. The molecule has 2 amide bonds. The summed E-state index contributed by atoms with van der Waals surface area (Å²) in [6, 6.07) is 20.5. The number of carbonyl (C=O) groups excluding carboxylic acids is 2. The van der Waals surface area contributed by atoms with Gasteiger partial charge >= 0.3 is 0 Å². The lowest BCUT2D eigenvalue weighted by Gasteiger charge is -2.17. The predicted molar refractivity (Wildman–Crippen MR) is 194 cm³/mol. The third-order valence-electron chi connectivity index (χ3n) is 8.91. The van der Waals surface area contributed by atoms with Gasteiger partial charge < -0.3 is 30.7 Å². The second kappa shape index (κ2) is 16.0. The van der Waals surface area contributed by atoms with Gasteiger partial charge in [-0.2, -0.15) is 0 Å². The van der Waals surface area contributed by atoms with E-state index in [1.807, 2.05) is 48.5 Å². The molecule has 6 rings (SSSR count). The van der Waals surface area contributed by atoms with Gasteiger partial charge in [-0.05, 0) is 36.8 Å². The Bertz CT molecular complexity index is 1840. The Morgan fingerprint density at radius 2 is 1.22 bits per heavy atom. The van der Waals surface area contributed by atoms with Crippen LogP contribution in [0.2, 0.25) is 5.02 Å². The average molecular weight is 701 g/mol. The Labute approximate surface area is 296 Å². The summed E-state index contributed by atoms with van der Waals surface area (Å²) in [5, 5.41) is 13.4. The van der Waals surface area contributed by atoms with E-state index in [1.165, 1.54) is 0 Å². The highest BCUT2D eigenvalue weighted by Gasteiger charge is 2.22. The van der Waals surface area contributed by atoms with Gasteiger partial charge in [0.25, 0.3) is 0 Å². The van der Waals surface area contributed by atoms with Crippen LogP contribution in [0.1, 0.15) is 36.8 Å². The summed E-state index contributed by atoms with van der Waals surface area (Å²) >= 11 is 8.82. The molecule has 0 radical (unpaired) electrons. The van der Waals surface area contributed by atoms with Crippen LogP contribution < -0.4 is 30.7 Å². The third kappa shape index (κ3) is 8.02. The van der Waals surface area contributed by atoms with Crippen LogP contribution in [0.25, 0.3) is 33.6 Å². The van der Waals surface area contributed by atoms with E-state index in [2.05, 4.69) is 39.7 Å². The van der Waals surface area contributed by atoms with Crippen LogP contribution in [0.3, 0.4) is 0 Å². The Balaban J connectivity index is 1.23. The highest BCUT2D eigenvalue weighted by Crippen LogP contribution is 2.43. The zero-order chi connectivity index (χ0) is 34.3. The van der Waals surface area contributed by atoms with Gasteiger partial charge in [-0.15, -0.1) is 11.8 Å². The summed E-state index contributed by atoms with van der Waals surface area (Å²) in [6.45, 7) is 2.53. The fourth-order valence-electron chi connectivity index (χ4n) is 6.39. The van der Waals surface area contributed by atoms with E-state index in [-0.39, 0.29) is 23.9 Å². The molecule has 0 bridgehead atoms. The van der Waals surface area contributed by atoms with Crippen LogP contribution in [-0.4, -0.2) is 67.4 Å². The van der Waals surface area contributed by atoms with Crippen molar-refractivity contribution in [1.82, 2.24) is 31.2 Å². The maximum atomic E-state index is 11.5. The second-order valence-electron chi connectivity index (χ2n) is 12.2. The Morgan fingerprint density at radius 3 is 1.71 bits per heavy atom. The molecule has 0 aliphatic carbocycles. The normalized spacial score (nSPS) is 17.2. The molecule has 2 saturated heterocycles. The Hall–Kier alpha value is -4.16. The number of aromatic nitrogens is 2. The van der Waals surface area contributed by atoms with Crippen molar-refractivity contribution in [3.8, 4) is 45.4 Å². The number of nitrogens with one attached hydrogen (secondary N) is 4. The number of methoxy groups -OCH3 is 2. The largest absolute Gasteiger partial charge is 0.481 e. The molecule has 2 aromatic carbocycles. The maximum Gasteiger partial charge on any atom is 0.220 e. The monoisotopic (exact) mass is 700 g/mol. The fourth-order valence-corrected chi connectivity index (χ4v) is 7.51. The third-order valence-corrected chi connectivity index (χ3v) is 10.2. The van der Waals surface area contributed by atoms with Gasteiger partial charge in [0.15, 0.2) is 0 Å². The first-order chi connectivity index (χ1) is 23.9. The fraction of sp³-hybridized carbons (Fsp3) is 0.351. The molecular weight excluding hydrogens is 660 g/mol. The zero-order valence-electron chi connectivity index (χ0n) is 27.9. The second-order valence-corrected chi connectivity index (χ2v) is 13.3. The van der Waals surface area contributed by atoms with Crippen LogP contribution in [-0.2, 0) is 22.7 Å². The van der Waals surface area contributed by atoms with Gasteiger partial charge in [-0.1, -0.05) is 60.1 Å². The summed E-state index contributed by atoms with van der Waals surface area (Å²) in [5.41, 5.74) is 7.04. The maximum absolute atomic E-state index is 11.5. The number of thioether (sulfide) groups is 1. The van der Waals surface area contributed by atoms with E-state index in [4.69, 9.17) is 31.0 Å². The van der Waals surface area contributed by atoms with Gasteiger partial charge in [0.2, 0.25) is 23.6 Å². The van der Waals surface area contributed by atoms with Crippen LogP contribution in [0.4, 0.5) is 0 Å². The van der Waals surface area contributed by atoms with Crippen molar-refractivity contribution < 1.29 is 19.1 Å². The lowest BCUT2D eigenvalue weighted by molar-refractivity contribution is -0.120. The minimum atomic E-state index is 0.106. The molecule has 0 spiro atoms. The molecule has 2 atom stereocenters. The lowest BCUT2D eigenvalue weighted by atomic mass is 9.98. The van der Waals surface area contributed by atoms with Crippen molar-refractivity contribution in [2.75, 3.05) is 33.6 Å². The van der Waals surface area contributed by atoms with E-state index in [1.54, 1.807) is 26.0 Å². The Morgan fingerprint density at radius 1 is 0.735 bits per heavy atom. The molecule has 2 fully saturated rings. The quantitative estimate of drug-likeness (QED) is 0.124. The van der Waals surface area contributed by atoms with E-state index >= 15 is 0 Å². The van der Waals surface area contributed by atoms with Crippen LogP contribution in [0, 0.1) is 0 Å². The average Bonchev–Trinajstić information content (AvgIpc) is 3.74. The highest BCUT2D eigenvalue weighted by molar-refractivity contribution is 7.98. The number of hydrogen-bond donors (Lipinski definition) is 4. The number of amides is 2. The standard InChI is InChI=1S/C37H41ClN6O4S/c1-47-36-22(18-39-20-24-12-16-32(45)41-24)10-14-30(43-36)28-8-4-6-26(34(28)38)27-7-5-9-29(35(27)49-3)31-15-11-23(37(44-31)48-2)19-40-21-25-13-17-33(46)42-25/h4-11,14-15,24-25,39-40H,12-13,16-21H2,1-3H3,(H,41,45)(H,42,46)/t24-,25-/m0/s1. The molecule has 4 aromatic rings. The summed E-state index contributed by atoms with van der Waals surface area (Å²) < 4.78 is 11.4. The molecule has 2 aliphatic rings. The smallest absolute Gasteiger partial charge is 0.220 e. The summed E-state index contributed by atoms with van der Waals surface area (Å²) in [4.78, 5) is 33.8. The molecule has 12 heteroatoms. The lowest BCUT2D eigenvalue weighted by Crippen LogP contribution is -2.35. The van der Waals surface area contributed by atoms with Gasteiger partial charge in [-0.25, -0.2) is 9.97 Å². The van der Waals surface area contributed by atoms with Crippen molar-refractivity contribution in [3.63, 3.8) is 0 Å². The van der Waals surface area contributed by atoms with Gasteiger partial charge in [0.05, 0.1) is 30.6 Å². The van der Waals surface area contributed by atoms with E-state index in [9.17, 15) is 9.59 Å². The van der Waals surface area contributed by atoms with Gasteiger partial charge in [-0.3, -0.25) is 9.59 Å². The first kappa shape index (κ1) is 34.7. The molecule has 0 saturated carbocycles. The summed E-state index contributed by atoms with van der Waals surface area (Å²) in [5.74, 6) is 1.30. The number of nitrogens with zero attached hydrogens (tertiary/aromatic N) is 2. The van der Waals surface area contributed by atoms with E-state index in [0.29, 0.717) is 61.5 Å². The number of carbonyl (C=O) groups is 2. The zero-order valence-corrected chi connectivity index (χ0v) is 29.5. The minimum absolute atomic E-state index is 0.106. The van der Waals surface area contributed by atoms with Crippen molar-refractivity contribution in [3.05, 3.63) is 76.8 Å². The van der Waals surface area contributed by atoms with Crippen molar-refractivity contribution in [1.29, 1.82) is 0 Å². The minimum Gasteiger partial charge on any atom is -0.481 e. The molecule has 0 unspecified atom stereocenters. The summed E-state index contributed by atoms with van der Waals surface area (Å²) in [6.07, 6.45) is 4.90. The van der Waals surface area contributed by atoms with Gasteiger partial charge in [0, 0.05) is 83.8 Å². The van der Waals surface area contributed by atoms with Crippen LogP contribution in [0.15, 0.2) is 65.6 Å². The van der Waals surface area contributed by atoms with E-state index in [0.717, 1.165) is 56.8 Å². The first-order valence-electron chi connectivity index (χ1n) is 16.4. The number of ether oxygens (including phenoxy) is 2. The highest BCUT2D eigenvalue weighted by atomic mass is 35.5. The number of hydrogen-bond acceptors (Lipinski definition) is 9. The number of pyridine rings is 2. The van der Waals surface area contributed by atoms with Crippen molar-refractivity contribution in [2.45, 2.75) is 55.8 Å². The predicted octanol–water partition coefficient (Wildman–Crippen LogP) is 5.61. The SMILES string of the molecule is COc1nc(-c2cccc(-c3cccc(-c4ccc(CNC[C@@H]5CCC(=O)N5)c(OC)n4)c3SC)c2Cl)ccc1CNC[C@@H]1CCC(=O)N1. The van der Waals surface area contributed by atoms with Crippen LogP contribution in [0.5, 0.6) is 11.8 Å². The molecular formula is C37H41ClN6O4S. The van der Waals surface area contributed by atoms with Crippen molar-refractivity contribution >= 4 is 35.2 Å². The molecule has 10 nitrogen and oxygen atoms in total. The summed E-state index contributed by atoms with van der Waals surface area (Å²) in [7, 11) is 3.25. The van der Waals surface area contributed by atoms with Crippen molar-refractivity contribution in [2.24, 2.45) is 0 Å². The molecule has 4 heterocycles. The number of rotatable bonds is 14. The molecule has 2 aromatic heterocycles. The van der Waals surface area contributed by atoms with Crippen LogP contribution >= 0.6 is 23.4 Å². The molecule has 49 heavy (non-hydrogen) atoms. The topological polar surface area (TPSA) is 126 Å². The number of halogens is 1. The number of benzene rings is 2. The molecule has 256 valence electrons. The van der Waals surface area contributed by atoms with Gasteiger partial charge in [0.1, 0.15) is 0 Å². The molecule has 2 aliphatic heterocycles.